The molecule has 2 aliphatic heterocycles. The fourth-order valence-corrected chi connectivity index (χ4v) is 4.98. The van der Waals surface area contributed by atoms with Crippen molar-refractivity contribution in [3.8, 4) is 0 Å². The van der Waals surface area contributed by atoms with Crippen LogP contribution in [-0.2, 0) is 10.0 Å². The molecule has 0 spiro atoms. The van der Waals surface area contributed by atoms with E-state index >= 15 is 0 Å². The monoisotopic (exact) mass is 264 g/mol. The molecule has 16 heavy (non-hydrogen) atoms. The molecule has 0 aromatic carbocycles. The fourth-order valence-electron chi connectivity index (χ4n) is 2.18. The average molecular weight is 264 g/mol. The van der Waals surface area contributed by atoms with Crippen LogP contribution in [0.25, 0.3) is 0 Å². The van der Waals surface area contributed by atoms with Crippen LogP contribution >= 0.6 is 11.8 Å². The van der Waals surface area contributed by atoms with Gasteiger partial charge in [0.25, 0.3) is 0 Å². The smallest absolute Gasteiger partial charge is 0.215 e. The summed E-state index contributed by atoms with van der Waals surface area (Å²) in [5.74, 6) is 2.82. The van der Waals surface area contributed by atoms with Gasteiger partial charge in [-0.1, -0.05) is 0 Å². The van der Waals surface area contributed by atoms with Crippen LogP contribution in [0.2, 0.25) is 0 Å². The predicted molar refractivity (Wildman–Crippen MR) is 68.2 cm³/mol. The van der Waals surface area contributed by atoms with Crippen LogP contribution in [0.4, 0.5) is 0 Å². The number of hydrogen-bond donors (Lipinski definition) is 2. The highest BCUT2D eigenvalue weighted by Crippen LogP contribution is 2.23. The van der Waals surface area contributed by atoms with Crippen molar-refractivity contribution in [3.05, 3.63) is 0 Å². The lowest BCUT2D eigenvalue weighted by molar-refractivity contribution is 0.483. The average Bonchev–Trinajstić information content (AvgIpc) is 2.81. The maximum absolute atomic E-state index is 12.0. The molecule has 0 aromatic heterocycles. The van der Waals surface area contributed by atoms with E-state index in [0.29, 0.717) is 19.0 Å². The van der Waals surface area contributed by atoms with E-state index in [0.717, 1.165) is 31.6 Å². The third kappa shape index (κ3) is 3.35. The molecule has 4 nitrogen and oxygen atoms in total. The van der Waals surface area contributed by atoms with Gasteiger partial charge in [-0.05, 0) is 43.2 Å². The third-order valence-corrected chi connectivity index (χ3v) is 6.37. The molecule has 2 fully saturated rings. The first-order chi connectivity index (χ1) is 7.68. The molecule has 0 bridgehead atoms. The lowest BCUT2D eigenvalue weighted by atomic mass is 10.1. The van der Waals surface area contributed by atoms with Crippen molar-refractivity contribution in [2.45, 2.75) is 24.5 Å². The molecule has 94 valence electrons. The van der Waals surface area contributed by atoms with Crippen LogP contribution in [0.15, 0.2) is 0 Å². The zero-order valence-corrected chi connectivity index (χ0v) is 11.1. The van der Waals surface area contributed by atoms with Gasteiger partial charge in [0.2, 0.25) is 10.0 Å². The van der Waals surface area contributed by atoms with Gasteiger partial charge in [0, 0.05) is 13.1 Å². The Morgan fingerprint density at radius 1 is 1.38 bits per heavy atom. The van der Waals surface area contributed by atoms with E-state index in [4.69, 9.17) is 0 Å². The van der Waals surface area contributed by atoms with E-state index in [1.807, 2.05) is 11.8 Å². The van der Waals surface area contributed by atoms with E-state index in [9.17, 15) is 8.42 Å². The zero-order chi connectivity index (χ0) is 11.4. The van der Waals surface area contributed by atoms with E-state index in [1.165, 1.54) is 5.75 Å². The Labute approximate surface area is 102 Å². The van der Waals surface area contributed by atoms with Crippen molar-refractivity contribution in [3.63, 3.8) is 0 Å². The zero-order valence-electron chi connectivity index (χ0n) is 9.44. The Morgan fingerprint density at radius 2 is 2.25 bits per heavy atom. The summed E-state index contributed by atoms with van der Waals surface area (Å²) in [6, 6.07) is 0. The molecule has 0 aromatic rings. The molecule has 6 heteroatoms. The van der Waals surface area contributed by atoms with Gasteiger partial charge in [0.15, 0.2) is 0 Å². The maximum atomic E-state index is 12.0. The number of sulfonamides is 1. The van der Waals surface area contributed by atoms with Crippen molar-refractivity contribution in [1.29, 1.82) is 0 Å². The highest BCUT2D eigenvalue weighted by Gasteiger charge is 2.28. The maximum Gasteiger partial charge on any atom is 0.215 e. The minimum atomic E-state index is -3.09. The summed E-state index contributed by atoms with van der Waals surface area (Å²) < 4.78 is 26.8. The Morgan fingerprint density at radius 3 is 2.88 bits per heavy atom. The van der Waals surface area contributed by atoms with Crippen molar-refractivity contribution in [1.82, 2.24) is 10.0 Å². The van der Waals surface area contributed by atoms with Gasteiger partial charge in [0.1, 0.15) is 0 Å². The molecule has 2 rings (SSSR count). The number of thioether (sulfide) groups is 1. The standard InChI is InChI=1S/C10H20N2O2S2/c13-16(14,10-2-1-4-11-7-10)12-6-9-3-5-15-8-9/h9-12H,1-8H2. The summed E-state index contributed by atoms with van der Waals surface area (Å²) in [4.78, 5) is 0. The second-order valence-corrected chi connectivity index (χ2v) is 7.79. The Balaban J connectivity index is 1.81. The minimum absolute atomic E-state index is 0.227. The summed E-state index contributed by atoms with van der Waals surface area (Å²) in [7, 11) is -3.09. The molecule has 2 aliphatic rings. The molecular weight excluding hydrogens is 244 g/mol. The number of rotatable bonds is 4. The minimum Gasteiger partial charge on any atom is -0.315 e. The number of nitrogens with one attached hydrogen (secondary N) is 2. The van der Waals surface area contributed by atoms with Crippen LogP contribution in [0.5, 0.6) is 0 Å². The molecule has 2 saturated heterocycles. The largest absolute Gasteiger partial charge is 0.315 e. The SMILES string of the molecule is O=S(=O)(NCC1CCSC1)C1CCCNC1. The van der Waals surface area contributed by atoms with Gasteiger partial charge in [-0.3, -0.25) is 0 Å². The van der Waals surface area contributed by atoms with Crippen molar-refractivity contribution < 1.29 is 8.42 Å². The number of hydrogen-bond acceptors (Lipinski definition) is 4. The molecule has 0 amide bonds. The van der Waals surface area contributed by atoms with E-state index in [2.05, 4.69) is 10.0 Å². The van der Waals surface area contributed by atoms with Gasteiger partial charge in [-0.15, -0.1) is 0 Å². The molecule has 2 N–H and O–H groups in total. The van der Waals surface area contributed by atoms with Crippen LogP contribution in [0, 0.1) is 5.92 Å². The first kappa shape index (κ1) is 12.7. The fraction of sp³-hybridized carbons (Fsp3) is 1.00. The first-order valence-corrected chi connectivity index (χ1v) is 8.65. The molecule has 2 unspecified atom stereocenters. The molecule has 0 saturated carbocycles. The Bertz CT molecular complexity index is 307. The summed E-state index contributed by atoms with van der Waals surface area (Å²) >= 11 is 1.92. The third-order valence-electron chi connectivity index (χ3n) is 3.29. The molecule has 0 aliphatic carbocycles. The van der Waals surface area contributed by atoms with E-state index in [-0.39, 0.29) is 5.25 Å². The summed E-state index contributed by atoms with van der Waals surface area (Å²) in [5.41, 5.74) is 0. The molecule has 2 atom stereocenters. The van der Waals surface area contributed by atoms with Gasteiger partial charge in [0.05, 0.1) is 5.25 Å². The second kappa shape index (κ2) is 5.71. The summed E-state index contributed by atoms with van der Waals surface area (Å²) in [6.07, 6.45) is 2.91. The van der Waals surface area contributed by atoms with Gasteiger partial charge < -0.3 is 5.32 Å². The second-order valence-electron chi connectivity index (χ2n) is 4.59. The van der Waals surface area contributed by atoms with Crippen molar-refractivity contribution >= 4 is 21.8 Å². The van der Waals surface area contributed by atoms with E-state index in [1.54, 1.807) is 0 Å². The highest BCUT2D eigenvalue weighted by atomic mass is 32.2. The van der Waals surface area contributed by atoms with Crippen LogP contribution in [0.3, 0.4) is 0 Å². The van der Waals surface area contributed by atoms with Crippen molar-refractivity contribution in [2.75, 3.05) is 31.1 Å². The normalized spacial score (nSPS) is 31.8. The quantitative estimate of drug-likeness (QED) is 0.772. The van der Waals surface area contributed by atoms with Crippen molar-refractivity contribution in [2.24, 2.45) is 5.92 Å². The number of piperidine rings is 1. The van der Waals surface area contributed by atoms with Gasteiger partial charge in [-0.2, -0.15) is 11.8 Å². The Kier molecular flexibility index (Phi) is 4.52. The molecule has 0 radical (unpaired) electrons. The Hall–Kier alpha value is 0.220. The highest BCUT2D eigenvalue weighted by molar-refractivity contribution is 7.99. The summed E-state index contributed by atoms with van der Waals surface area (Å²) in [5, 5.41) is 2.92. The summed E-state index contributed by atoms with van der Waals surface area (Å²) in [6.45, 7) is 2.19. The first-order valence-electron chi connectivity index (χ1n) is 5.95. The lowest BCUT2D eigenvalue weighted by Crippen LogP contribution is -2.45. The van der Waals surface area contributed by atoms with Gasteiger partial charge >= 0.3 is 0 Å². The van der Waals surface area contributed by atoms with Crippen LogP contribution < -0.4 is 10.0 Å². The lowest BCUT2D eigenvalue weighted by Gasteiger charge is -2.23. The van der Waals surface area contributed by atoms with E-state index < -0.39 is 10.0 Å². The van der Waals surface area contributed by atoms with Crippen LogP contribution in [-0.4, -0.2) is 44.8 Å². The topological polar surface area (TPSA) is 58.2 Å². The van der Waals surface area contributed by atoms with Crippen LogP contribution in [0.1, 0.15) is 19.3 Å². The molecule has 2 heterocycles. The molecular formula is C10H20N2O2S2. The predicted octanol–water partition coefficient (Wildman–Crippen LogP) is 0.411. The van der Waals surface area contributed by atoms with Gasteiger partial charge in [-0.25, -0.2) is 13.1 Å².